The highest BCUT2D eigenvalue weighted by Crippen LogP contribution is 2.42. The van der Waals surface area contributed by atoms with Crippen LogP contribution < -0.4 is 15.4 Å². The van der Waals surface area contributed by atoms with Gasteiger partial charge >= 0.3 is 5.92 Å². The van der Waals surface area contributed by atoms with Crippen molar-refractivity contribution in [3.8, 4) is 17.0 Å². The van der Waals surface area contributed by atoms with Crippen molar-refractivity contribution in [2.45, 2.75) is 90.0 Å². The molecule has 0 aromatic carbocycles. The fourth-order valence-corrected chi connectivity index (χ4v) is 7.20. The Morgan fingerprint density at radius 1 is 0.978 bits per heavy atom. The number of pyridine rings is 2. The Morgan fingerprint density at radius 3 is 2.13 bits per heavy atom. The Hall–Kier alpha value is -3.96. The van der Waals surface area contributed by atoms with Crippen molar-refractivity contribution in [2.24, 2.45) is 17.8 Å². The van der Waals surface area contributed by atoms with Gasteiger partial charge in [0.25, 0.3) is 5.91 Å². The normalized spacial score (nSPS) is 17.2. The smallest absolute Gasteiger partial charge is 0.351 e. The topological polar surface area (TPSA) is 122 Å². The van der Waals surface area contributed by atoms with Gasteiger partial charge in [0.2, 0.25) is 17.7 Å². The zero-order valence-electron chi connectivity index (χ0n) is 26.0. The molecule has 12 heteroatoms. The number of carbonyl (C=O) groups excluding carboxylic acids is 2. The maximum atomic E-state index is 15.6. The molecule has 9 nitrogen and oxygen atoms in total. The lowest BCUT2D eigenvalue weighted by Gasteiger charge is -2.42. The molecule has 2 saturated carbocycles. The third-order valence-corrected chi connectivity index (χ3v) is 9.43. The van der Waals surface area contributed by atoms with Gasteiger partial charge in [-0.3, -0.25) is 14.7 Å². The van der Waals surface area contributed by atoms with E-state index in [1.54, 1.807) is 13.8 Å². The standard InChI is InChI=1S/C33H41F3N6O3/c1-19-27(20(2)42-41-19)24-15-16-25(38-30(24)34)39-31(43)29(28(21-10-6-4-7-11-21)22-12-8-5-9-13-22)40-32(44)33(35,36)23-14-17-26(45-3)37-18-23/h14-18,21-22,28-29H,4-13H2,1-3H3,(H,40,44)(H,41,42)(H,38,39,43). The first kappa shape index (κ1) is 32.4. The van der Waals surface area contributed by atoms with E-state index >= 15 is 13.2 Å². The summed E-state index contributed by atoms with van der Waals surface area (Å²) < 4.78 is 51.4. The number of alkyl halides is 2. The molecule has 3 heterocycles. The Balaban J connectivity index is 1.47. The van der Waals surface area contributed by atoms with Gasteiger partial charge in [-0.2, -0.15) is 18.3 Å². The molecule has 1 unspecified atom stereocenters. The third kappa shape index (κ3) is 7.15. The van der Waals surface area contributed by atoms with E-state index in [-0.39, 0.29) is 35.0 Å². The minimum atomic E-state index is -3.96. The number of H-pyrrole nitrogens is 1. The highest BCUT2D eigenvalue weighted by Gasteiger charge is 2.47. The first-order chi connectivity index (χ1) is 21.6. The molecular weight excluding hydrogens is 585 g/mol. The summed E-state index contributed by atoms with van der Waals surface area (Å²) in [7, 11) is 1.36. The molecule has 2 aliphatic carbocycles. The number of ether oxygens (including phenoxy) is 1. The van der Waals surface area contributed by atoms with Crippen molar-refractivity contribution < 1.29 is 27.5 Å². The summed E-state index contributed by atoms with van der Waals surface area (Å²) in [5, 5.41) is 12.1. The number of nitrogens with one attached hydrogen (secondary N) is 3. The summed E-state index contributed by atoms with van der Waals surface area (Å²) >= 11 is 0. The number of nitrogens with zero attached hydrogens (tertiary/aromatic N) is 3. The first-order valence-electron chi connectivity index (χ1n) is 15.8. The SMILES string of the molecule is COc1ccc(C(F)(F)C(=O)NC(C(=O)Nc2ccc(-c3c(C)n[nH]c3C)c(F)n2)C(C2CCCCC2)C2CCCCC2)cn1. The van der Waals surface area contributed by atoms with E-state index in [0.29, 0.717) is 17.0 Å². The number of halogens is 3. The van der Waals surface area contributed by atoms with Crippen molar-refractivity contribution in [3.63, 3.8) is 0 Å². The van der Waals surface area contributed by atoms with E-state index in [2.05, 4.69) is 30.8 Å². The van der Waals surface area contributed by atoms with Gasteiger partial charge in [-0.25, -0.2) is 9.97 Å². The molecule has 3 aromatic heterocycles. The molecule has 0 radical (unpaired) electrons. The van der Waals surface area contributed by atoms with Crippen molar-refractivity contribution in [1.29, 1.82) is 0 Å². The second kappa shape index (κ2) is 14.0. The Labute approximate surface area is 261 Å². The number of aromatic amines is 1. The Kier molecular flexibility index (Phi) is 10.1. The van der Waals surface area contributed by atoms with Gasteiger partial charge in [-0.05, 0) is 49.8 Å². The molecule has 2 aliphatic rings. The average molecular weight is 627 g/mol. The zero-order valence-corrected chi connectivity index (χ0v) is 26.0. The number of hydrogen-bond acceptors (Lipinski definition) is 6. The predicted molar refractivity (Wildman–Crippen MR) is 163 cm³/mol. The minimum Gasteiger partial charge on any atom is -0.481 e. The van der Waals surface area contributed by atoms with Crippen LogP contribution >= 0.6 is 0 Å². The maximum absolute atomic E-state index is 15.6. The summed E-state index contributed by atoms with van der Waals surface area (Å²) in [5.41, 5.74) is 1.45. The van der Waals surface area contributed by atoms with E-state index in [0.717, 1.165) is 76.5 Å². The number of aryl methyl sites for hydroxylation is 2. The predicted octanol–water partition coefficient (Wildman–Crippen LogP) is 6.62. The van der Waals surface area contributed by atoms with Crippen LogP contribution in [-0.4, -0.2) is 45.1 Å². The second-order valence-electron chi connectivity index (χ2n) is 12.3. The van der Waals surface area contributed by atoms with Crippen LogP contribution in [0.25, 0.3) is 11.1 Å². The highest BCUT2D eigenvalue weighted by molar-refractivity contribution is 5.98. The molecule has 1 atom stereocenters. The van der Waals surface area contributed by atoms with E-state index in [1.165, 1.54) is 25.3 Å². The molecule has 5 rings (SSSR count). The van der Waals surface area contributed by atoms with Crippen molar-refractivity contribution in [1.82, 2.24) is 25.5 Å². The maximum Gasteiger partial charge on any atom is 0.351 e. The van der Waals surface area contributed by atoms with Crippen LogP contribution in [0.1, 0.15) is 81.2 Å². The fourth-order valence-electron chi connectivity index (χ4n) is 7.20. The van der Waals surface area contributed by atoms with Crippen LogP contribution in [-0.2, 0) is 15.5 Å². The Bertz CT molecular complexity index is 1450. The van der Waals surface area contributed by atoms with Crippen molar-refractivity contribution in [2.75, 3.05) is 12.4 Å². The summed E-state index contributed by atoms with van der Waals surface area (Å²) in [5.74, 6) is -7.21. The van der Waals surface area contributed by atoms with Crippen molar-refractivity contribution >= 4 is 17.6 Å². The molecule has 45 heavy (non-hydrogen) atoms. The van der Waals surface area contributed by atoms with Gasteiger partial charge in [-0.1, -0.05) is 64.2 Å². The van der Waals surface area contributed by atoms with Gasteiger partial charge in [0.15, 0.2) is 0 Å². The number of methoxy groups -OCH3 is 1. The molecule has 0 aliphatic heterocycles. The lowest BCUT2D eigenvalue weighted by molar-refractivity contribution is -0.150. The van der Waals surface area contributed by atoms with Crippen LogP contribution in [0, 0.1) is 37.5 Å². The van der Waals surface area contributed by atoms with Gasteiger partial charge in [0.1, 0.15) is 11.9 Å². The summed E-state index contributed by atoms with van der Waals surface area (Å²) in [6, 6.07) is 4.03. The van der Waals surface area contributed by atoms with Gasteiger partial charge in [0, 0.05) is 34.6 Å². The molecule has 0 bridgehead atoms. The lowest BCUT2D eigenvalue weighted by atomic mass is 9.66. The highest BCUT2D eigenvalue weighted by atomic mass is 19.3. The second-order valence-corrected chi connectivity index (χ2v) is 12.3. The molecule has 3 aromatic rings. The van der Waals surface area contributed by atoms with Gasteiger partial charge < -0.3 is 15.4 Å². The van der Waals surface area contributed by atoms with Crippen LogP contribution in [0.4, 0.5) is 19.0 Å². The van der Waals surface area contributed by atoms with E-state index < -0.39 is 35.3 Å². The number of hydrogen-bond donors (Lipinski definition) is 3. The zero-order chi connectivity index (χ0) is 32.1. The van der Waals surface area contributed by atoms with Gasteiger partial charge in [0.05, 0.1) is 12.8 Å². The number of aromatic nitrogens is 4. The molecule has 0 spiro atoms. The quantitative estimate of drug-likeness (QED) is 0.218. The molecule has 0 saturated heterocycles. The summed E-state index contributed by atoms with van der Waals surface area (Å²) in [6.45, 7) is 3.52. The largest absolute Gasteiger partial charge is 0.481 e. The summed E-state index contributed by atoms with van der Waals surface area (Å²) in [4.78, 5) is 35.3. The average Bonchev–Trinajstić information content (AvgIpc) is 3.38. The molecule has 2 fully saturated rings. The van der Waals surface area contributed by atoms with E-state index in [1.807, 2.05) is 0 Å². The monoisotopic (exact) mass is 626 g/mol. The van der Waals surface area contributed by atoms with Crippen LogP contribution in [0.15, 0.2) is 30.5 Å². The van der Waals surface area contributed by atoms with Gasteiger partial charge in [-0.15, -0.1) is 0 Å². The van der Waals surface area contributed by atoms with E-state index in [4.69, 9.17) is 4.74 Å². The molecule has 2 amide bonds. The fraction of sp³-hybridized carbons (Fsp3) is 0.545. The molecular formula is C33H41F3N6O3. The number of anilines is 1. The number of amides is 2. The molecule has 242 valence electrons. The van der Waals surface area contributed by atoms with E-state index in [9.17, 15) is 9.59 Å². The molecule has 3 N–H and O–H groups in total. The first-order valence-corrected chi connectivity index (χ1v) is 15.8. The van der Waals surface area contributed by atoms with Crippen LogP contribution in [0.2, 0.25) is 0 Å². The third-order valence-electron chi connectivity index (χ3n) is 9.43. The Morgan fingerprint density at radius 2 is 1.62 bits per heavy atom. The number of carbonyl (C=O) groups is 2. The van der Waals surface area contributed by atoms with Crippen LogP contribution in [0.3, 0.4) is 0 Å². The minimum absolute atomic E-state index is 0.0727. The van der Waals surface area contributed by atoms with Crippen molar-refractivity contribution in [3.05, 3.63) is 53.4 Å². The summed E-state index contributed by atoms with van der Waals surface area (Å²) in [6.07, 6.45) is 10.4. The van der Waals surface area contributed by atoms with Crippen LogP contribution in [0.5, 0.6) is 5.88 Å². The lowest BCUT2D eigenvalue weighted by Crippen LogP contribution is -2.56. The number of rotatable bonds is 10.